The maximum atomic E-state index is 6.18. The van der Waals surface area contributed by atoms with E-state index in [-0.39, 0.29) is 5.41 Å². The zero-order valence-electron chi connectivity index (χ0n) is 14.1. The topological polar surface area (TPSA) is 12.5 Å². The summed E-state index contributed by atoms with van der Waals surface area (Å²) in [6.07, 6.45) is 1.08. The maximum Gasteiger partial charge on any atom is 0.134 e. The van der Waals surface area contributed by atoms with Gasteiger partial charge in [-0.15, -0.1) is 0 Å². The third-order valence-corrected chi connectivity index (χ3v) is 4.53. The molecule has 1 aromatic carbocycles. The molecule has 2 rings (SSSR count). The fourth-order valence-electron chi connectivity index (χ4n) is 2.95. The molecule has 0 spiro atoms. The van der Waals surface area contributed by atoms with Crippen molar-refractivity contribution < 1.29 is 4.74 Å². The summed E-state index contributed by atoms with van der Waals surface area (Å²) in [4.78, 5) is 2.23. The molecule has 0 N–H and O–H groups in total. The predicted octanol–water partition coefficient (Wildman–Crippen LogP) is 4.79. The molecule has 1 aliphatic rings. The number of hydrogen-bond donors (Lipinski definition) is 0. The Morgan fingerprint density at radius 1 is 1.32 bits per heavy atom. The van der Waals surface area contributed by atoms with Crippen LogP contribution < -0.4 is 0 Å². The van der Waals surface area contributed by atoms with Crippen LogP contribution in [-0.2, 0) is 16.6 Å². The van der Waals surface area contributed by atoms with Crippen LogP contribution in [-0.4, -0.2) is 25.1 Å². The summed E-state index contributed by atoms with van der Waals surface area (Å²) in [5, 5.41) is 0.814. The number of rotatable bonds is 5. The zero-order valence-corrected chi connectivity index (χ0v) is 14.8. The van der Waals surface area contributed by atoms with Gasteiger partial charge in [0, 0.05) is 18.1 Å². The van der Waals surface area contributed by atoms with Crippen molar-refractivity contribution in [1.29, 1.82) is 0 Å². The van der Waals surface area contributed by atoms with Gasteiger partial charge in [-0.3, -0.25) is 0 Å². The fraction of sp³-hybridized carbons (Fsp3) is 0.474. The Hall–Kier alpha value is -1.41. The van der Waals surface area contributed by atoms with E-state index < -0.39 is 0 Å². The molecule has 0 aromatic heterocycles. The van der Waals surface area contributed by atoms with Crippen LogP contribution in [0.3, 0.4) is 0 Å². The average molecular weight is 320 g/mol. The first-order valence-electron chi connectivity index (χ1n) is 7.68. The first kappa shape index (κ1) is 17.0. The Kier molecular flexibility index (Phi) is 4.91. The summed E-state index contributed by atoms with van der Waals surface area (Å²) in [5.41, 5.74) is 3.75. The van der Waals surface area contributed by atoms with E-state index in [0.29, 0.717) is 11.7 Å². The molecule has 1 heterocycles. The first-order chi connectivity index (χ1) is 10.2. The number of ether oxygens (including phenoxy) is 1. The molecule has 0 saturated carbocycles. The van der Waals surface area contributed by atoms with Gasteiger partial charge >= 0.3 is 0 Å². The van der Waals surface area contributed by atoms with Gasteiger partial charge in [0.05, 0.1) is 12.8 Å². The van der Waals surface area contributed by atoms with E-state index in [2.05, 4.69) is 51.0 Å². The van der Waals surface area contributed by atoms with Crippen molar-refractivity contribution in [3.63, 3.8) is 0 Å². The average Bonchev–Trinajstić information content (AvgIpc) is 2.41. The monoisotopic (exact) mass is 319 g/mol. The van der Waals surface area contributed by atoms with Gasteiger partial charge in [0.15, 0.2) is 0 Å². The van der Waals surface area contributed by atoms with Crippen LogP contribution in [0.1, 0.15) is 31.9 Å². The van der Waals surface area contributed by atoms with Gasteiger partial charge in [0.1, 0.15) is 5.76 Å². The molecular weight excluding hydrogens is 294 g/mol. The quantitative estimate of drug-likeness (QED) is 0.571. The summed E-state index contributed by atoms with van der Waals surface area (Å²) in [6.45, 7) is 16.6. The molecular formula is C19H26ClNO. The molecule has 3 heteroatoms. The van der Waals surface area contributed by atoms with Crippen LogP contribution in [0.15, 0.2) is 42.8 Å². The van der Waals surface area contributed by atoms with Crippen molar-refractivity contribution in [2.24, 2.45) is 5.92 Å². The minimum Gasteiger partial charge on any atom is -0.495 e. The lowest BCUT2D eigenvalue weighted by molar-refractivity contribution is 0.131. The Morgan fingerprint density at radius 2 is 1.95 bits per heavy atom. The zero-order chi connectivity index (χ0) is 16.5. The lowest BCUT2D eigenvalue weighted by atomic mass is 9.80. The van der Waals surface area contributed by atoms with Crippen molar-refractivity contribution in [2.45, 2.75) is 32.6 Å². The van der Waals surface area contributed by atoms with E-state index in [4.69, 9.17) is 16.3 Å². The minimum atomic E-state index is 0.109. The normalized spacial score (nSPS) is 15.4. The number of benzene rings is 1. The van der Waals surface area contributed by atoms with E-state index in [1.807, 2.05) is 6.07 Å². The second kappa shape index (κ2) is 6.37. The van der Waals surface area contributed by atoms with Crippen LogP contribution in [0.5, 0.6) is 0 Å². The second-order valence-corrected chi connectivity index (χ2v) is 7.54. The lowest BCUT2D eigenvalue weighted by Gasteiger charge is -2.42. The number of nitrogens with zero attached hydrogens (tertiary/aromatic N) is 1. The van der Waals surface area contributed by atoms with Gasteiger partial charge in [-0.05, 0) is 41.0 Å². The lowest BCUT2D eigenvalue weighted by Crippen LogP contribution is -2.47. The van der Waals surface area contributed by atoms with Crippen LogP contribution in [0.4, 0.5) is 0 Å². The summed E-state index contributed by atoms with van der Waals surface area (Å²) in [7, 11) is 1.63. The Balaban J connectivity index is 2.03. The van der Waals surface area contributed by atoms with Gasteiger partial charge in [-0.1, -0.05) is 51.6 Å². The van der Waals surface area contributed by atoms with Crippen LogP contribution in [0.25, 0.3) is 0 Å². The molecule has 0 amide bonds. The summed E-state index contributed by atoms with van der Waals surface area (Å²) < 4.78 is 5.15. The van der Waals surface area contributed by atoms with E-state index in [0.717, 1.165) is 30.2 Å². The van der Waals surface area contributed by atoms with Crippen LogP contribution in [0, 0.1) is 5.92 Å². The molecule has 22 heavy (non-hydrogen) atoms. The second-order valence-electron chi connectivity index (χ2n) is 7.10. The number of halogens is 1. The van der Waals surface area contributed by atoms with Gasteiger partial charge in [-0.25, -0.2) is 0 Å². The molecule has 0 bridgehead atoms. The molecule has 0 radical (unpaired) electrons. The molecule has 1 saturated heterocycles. The van der Waals surface area contributed by atoms with Crippen LogP contribution >= 0.6 is 11.6 Å². The Labute approximate surface area is 139 Å². The standard InChI is InChI=1S/C19H26ClNO/c1-13(14(2)22-6)21-11-15(12-21)9-16-7-8-17(20)10-18(16)19(3,4)5/h7-8,10,15H,1-2,9,11-12H2,3-6H3. The Morgan fingerprint density at radius 3 is 2.50 bits per heavy atom. The molecule has 2 nitrogen and oxygen atoms in total. The molecule has 0 aliphatic carbocycles. The van der Waals surface area contributed by atoms with E-state index >= 15 is 0 Å². The maximum absolute atomic E-state index is 6.18. The molecule has 1 aromatic rings. The highest BCUT2D eigenvalue weighted by Gasteiger charge is 2.30. The summed E-state index contributed by atoms with van der Waals surface area (Å²) in [6, 6.07) is 6.28. The largest absolute Gasteiger partial charge is 0.495 e. The van der Waals surface area contributed by atoms with Gasteiger partial charge in [0.2, 0.25) is 0 Å². The van der Waals surface area contributed by atoms with E-state index in [9.17, 15) is 0 Å². The molecule has 0 atom stereocenters. The summed E-state index contributed by atoms with van der Waals surface area (Å²) >= 11 is 6.18. The van der Waals surface area contributed by atoms with Crippen molar-refractivity contribution in [3.8, 4) is 0 Å². The highest BCUT2D eigenvalue weighted by molar-refractivity contribution is 6.30. The highest BCUT2D eigenvalue weighted by Crippen LogP contribution is 2.33. The smallest absolute Gasteiger partial charge is 0.134 e. The van der Waals surface area contributed by atoms with Crippen molar-refractivity contribution in [3.05, 3.63) is 59.0 Å². The van der Waals surface area contributed by atoms with Crippen LogP contribution in [0.2, 0.25) is 5.02 Å². The third kappa shape index (κ3) is 3.67. The highest BCUT2D eigenvalue weighted by atomic mass is 35.5. The predicted molar refractivity (Wildman–Crippen MR) is 94.2 cm³/mol. The molecule has 120 valence electrons. The van der Waals surface area contributed by atoms with E-state index in [1.165, 1.54) is 11.1 Å². The number of methoxy groups -OCH3 is 1. The number of hydrogen-bond acceptors (Lipinski definition) is 2. The molecule has 1 aliphatic heterocycles. The molecule has 0 unspecified atom stereocenters. The minimum absolute atomic E-state index is 0.109. The SMILES string of the molecule is C=C(OC)C(=C)N1CC(Cc2ccc(Cl)cc2C(C)(C)C)C1. The van der Waals surface area contributed by atoms with E-state index in [1.54, 1.807) is 7.11 Å². The van der Waals surface area contributed by atoms with Gasteiger partial charge < -0.3 is 9.64 Å². The van der Waals surface area contributed by atoms with Gasteiger partial charge in [0.25, 0.3) is 0 Å². The van der Waals surface area contributed by atoms with Crippen molar-refractivity contribution in [2.75, 3.05) is 20.2 Å². The third-order valence-electron chi connectivity index (χ3n) is 4.30. The van der Waals surface area contributed by atoms with Gasteiger partial charge in [-0.2, -0.15) is 0 Å². The number of likely N-dealkylation sites (tertiary alicyclic amines) is 1. The van der Waals surface area contributed by atoms with Crippen molar-refractivity contribution >= 4 is 11.6 Å². The molecule has 1 fully saturated rings. The van der Waals surface area contributed by atoms with Crippen molar-refractivity contribution in [1.82, 2.24) is 4.90 Å². The summed E-state index contributed by atoms with van der Waals surface area (Å²) in [5.74, 6) is 1.30. The fourth-order valence-corrected chi connectivity index (χ4v) is 3.12. The Bertz CT molecular complexity index is 580. The first-order valence-corrected chi connectivity index (χ1v) is 8.06.